The van der Waals surface area contributed by atoms with Gasteiger partial charge in [0, 0.05) is 18.2 Å². The number of rotatable bonds is 11. The Hall–Kier alpha value is -3.33. The Morgan fingerprint density at radius 2 is 1.84 bits per heavy atom. The van der Waals surface area contributed by atoms with E-state index < -0.39 is 5.91 Å². The Morgan fingerprint density at radius 3 is 2.51 bits per heavy atom. The lowest BCUT2D eigenvalue weighted by Crippen LogP contribution is -2.48. The normalized spacial score (nSPS) is 13.6. The van der Waals surface area contributed by atoms with Crippen LogP contribution in [0.4, 0.5) is 0 Å². The average Bonchev–Trinajstić information content (AvgIpc) is 2.90. The molecule has 9 heteroatoms. The molecule has 8 nitrogen and oxygen atoms in total. The highest BCUT2D eigenvalue weighted by Gasteiger charge is 2.25. The molecule has 3 N–H and O–H groups in total. The predicted octanol–water partition coefficient (Wildman–Crippen LogP) is 4.44. The maximum absolute atomic E-state index is 13.1. The monoisotopic (exact) mass is 527 g/mol. The molecular weight excluding hydrogens is 490 g/mol. The van der Waals surface area contributed by atoms with E-state index in [2.05, 4.69) is 24.1 Å². The minimum Gasteiger partial charge on any atom is -0.493 e. The number of carbonyl (C=O) groups excluding carboxylic acids is 2. The number of thiocarbonyl (C=S) groups is 1. The molecule has 1 aliphatic carbocycles. The van der Waals surface area contributed by atoms with Gasteiger partial charge in [0.25, 0.3) is 11.8 Å². The molecule has 0 aliphatic heterocycles. The molecule has 0 unspecified atom stereocenters. The number of amides is 2. The fourth-order valence-corrected chi connectivity index (χ4v) is 4.57. The van der Waals surface area contributed by atoms with Crippen LogP contribution in [0.1, 0.15) is 61.9 Å². The lowest BCUT2D eigenvalue weighted by Gasteiger charge is -2.36. The molecule has 2 aromatic carbocycles. The maximum Gasteiger partial charge on any atom is 0.257 e. The first-order valence-electron chi connectivity index (χ1n) is 12.7. The molecule has 0 spiro atoms. The second-order valence-electron chi connectivity index (χ2n) is 9.65. The first-order valence-corrected chi connectivity index (χ1v) is 13.1. The third kappa shape index (κ3) is 8.63. The summed E-state index contributed by atoms with van der Waals surface area (Å²) in [5.74, 6) is 1.14. The largest absolute Gasteiger partial charge is 0.493 e. The first kappa shape index (κ1) is 28.2. The molecular formula is C28H37N3O5S. The third-order valence-corrected chi connectivity index (χ3v) is 6.46. The highest BCUT2D eigenvalue weighted by Crippen LogP contribution is 2.30. The van der Waals surface area contributed by atoms with Crippen LogP contribution in [0, 0.1) is 5.92 Å². The summed E-state index contributed by atoms with van der Waals surface area (Å²) >= 11 is 5.76. The van der Waals surface area contributed by atoms with Crippen LogP contribution in [0.25, 0.3) is 0 Å². The number of carbonyl (C=O) groups is 2. The summed E-state index contributed by atoms with van der Waals surface area (Å²) in [6, 6.07) is 12.9. The van der Waals surface area contributed by atoms with Crippen molar-refractivity contribution in [2.45, 2.75) is 58.5 Å². The summed E-state index contributed by atoms with van der Waals surface area (Å²) in [6.07, 6.45) is 5.45. The molecule has 3 rings (SSSR count). The molecule has 2 aromatic rings. The average molecular weight is 528 g/mol. The minimum atomic E-state index is -0.562. The summed E-state index contributed by atoms with van der Waals surface area (Å²) < 4.78 is 16.7. The Balaban J connectivity index is 1.75. The number of ether oxygens (including phenoxy) is 3. The van der Waals surface area contributed by atoms with Gasteiger partial charge in [-0.1, -0.05) is 45.2 Å². The number of nitrogens with one attached hydrogen (secondary N) is 1. The summed E-state index contributed by atoms with van der Waals surface area (Å²) in [5, 5.41) is 3.32. The van der Waals surface area contributed by atoms with Gasteiger partial charge in [0.05, 0.1) is 13.7 Å². The highest BCUT2D eigenvalue weighted by molar-refractivity contribution is 7.80. The number of nitrogens with two attached hydrogens (primary N) is 1. The van der Waals surface area contributed by atoms with Crippen LogP contribution >= 0.6 is 12.2 Å². The number of nitrogens with zero attached hydrogens (tertiary/aromatic N) is 1. The molecule has 0 radical (unpaired) electrons. The number of benzene rings is 2. The zero-order valence-corrected chi connectivity index (χ0v) is 22.6. The van der Waals surface area contributed by atoms with Crippen molar-refractivity contribution in [3.63, 3.8) is 0 Å². The van der Waals surface area contributed by atoms with Gasteiger partial charge in [0.1, 0.15) is 5.75 Å². The Labute approximate surface area is 224 Å². The van der Waals surface area contributed by atoms with E-state index in [1.54, 1.807) is 31.4 Å². The van der Waals surface area contributed by atoms with E-state index in [4.69, 9.17) is 32.2 Å². The van der Waals surface area contributed by atoms with Crippen molar-refractivity contribution in [3.8, 4) is 17.2 Å². The predicted molar refractivity (Wildman–Crippen MR) is 147 cm³/mol. The van der Waals surface area contributed by atoms with Gasteiger partial charge in [0.2, 0.25) is 0 Å². The van der Waals surface area contributed by atoms with Crippen LogP contribution in [0.15, 0.2) is 42.5 Å². The van der Waals surface area contributed by atoms with Gasteiger partial charge in [-0.2, -0.15) is 0 Å². The van der Waals surface area contributed by atoms with Gasteiger partial charge in [-0.05, 0) is 66.9 Å². The number of methoxy groups -OCH3 is 1. The first-order chi connectivity index (χ1) is 17.8. The molecule has 0 saturated heterocycles. The Bertz CT molecular complexity index is 1090. The van der Waals surface area contributed by atoms with E-state index in [1.807, 2.05) is 18.2 Å². The number of primary amides is 1. The molecule has 0 bridgehead atoms. The van der Waals surface area contributed by atoms with Gasteiger partial charge in [-0.3, -0.25) is 14.9 Å². The molecule has 1 saturated carbocycles. The van der Waals surface area contributed by atoms with Gasteiger partial charge < -0.3 is 24.8 Å². The van der Waals surface area contributed by atoms with Crippen molar-refractivity contribution in [1.82, 2.24) is 10.2 Å². The molecule has 0 atom stereocenters. The molecule has 0 heterocycles. The van der Waals surface area contributed by atoms with Crippen LogP contribution < -0.4 is 25.3 Å². The van der Waals surface area contributed by atoms with Crippen LogP contribution in [0.3, 0.4) is 0 Å². The second kappa shape index (κ2) is 13.8. The topological polar surface area (TPSA) is 103 Å². The van der Waals surface area contributed by atoms with E-state index in [1.165, 1.54) is 6.42 Å². The zero-order chi connectivity index (χ0) is 26.8. The standard InChI is InChI=1S/C28H37N3O5S/c1-19(2)17-35-23-11-7-8-21(15-23)27(33)30-28(37)31(22-9-5-4-6-10-22)16-20-12-13-24(25(14-20)34-3)36-18-26(29)32/h7-8,11-15,19,22H,4-6,9-10,16-18H2,1-3H3,(H2,29,32)(H,30,33,37). The van der Waals surface area contributed by atoms with Crippen molar-refractivity contribution in [2.75, 3.05) is 20.3 Å². The van der Waals surface area contributed by atoms with Crippen LogP contribution in [-0.2, 0) is 11.3 Å². The second-order valence-corrected chi connectivity index (χ2v) is 10.0. The maximum atomic E-state index is 13.1. The van der Waals surface area contributed by atoms with Gasteiger partial charge in [-0.25, -0.2) is 0 Å². The van der Waals surface area contributed by atoms with Crippen LogP contribution in [0.2, 0.25) is 0 Å². The lowest BCUT2D eigenvalue weighted by molar-refractivity contribution is -0.119. The Morgan fingerprint density at radius 1 is 1.08 bits per heavy atom. The Kier molecular flexibility index (Phi) is 10.6. The third-order valence-electron chi connectivity index (χ3n) is 6.13. The molecule has 37 heavy (non-hydrogen) atoms. The SMILES string of the molecule is COc1cc(CN(C(=S)NC(=O)c2cccc(OCC(C)C)c2)C2CCCCC2)ccc1OCC(N)=O. The van der Waals surface area contributed by atoms with Crippen LogP contribution in [-0.4, -0.2) is 48.2 Å². The summed E-state index contributed by atoms with van der Waals surface area (Å²) in [7, 11) is 1.54. The molecule has 1 aliphatic rings. The van der Waals surface area contributed by atoms with Crippen molar-refractivity contribution in [3.05, 3.63) is 53.6 Å². The van der Waals surface area contributed by atoms with Gasteiger partial charge >= 0.3 is 0 Å². The van der Waals surface area contributed by atoms with E-state index in [0.29, 0.717) is 47.0 Å². The minimum absolute atomic E-state index is 0.221. The van der Waals surface area contributed by atoms with Gasteiger partial charge in [-0.15, -0.1) is 0 Å². The number of hydrogen-bond acceptors (Lipinski definition) is 6. The van der Waals surface area contributed by atoms with E-state index >= 15 is 0 Å². The highest BCUT2D eigenvalue weighted by atomic mass is 32.1. The van der Waals surface area contributed by atoms with E-state index in [9.17, 15) is 9.59 Å². The van der Waals surface area contributed by atoms with Crippen LogP contribution in [0.5, 0.6) is 17.2 Å². The lowest BCUT2D eigenvalue weighted by atomic mass is 9.94. The summed E-state index contributed by atoms with van der Waals surface area (Å²) in [6.45, 7) is 4.99. The molecule has 2 amide bonds. The zero-order valence-electron chi connectivity index (χ0n) is 21.8. The fourth-order valence-electron chi connectivity index (χ4n) is 4.27. The quantitative estimate of drug-likeness (QED) is 0.416. The summed E-state index contributed by atoms with van der Waals surface area (Å²) in [5.41, 5.74) is 6.62. The molecule has 0 aromatic heterocycles. The summed E-state index contributed by atoms with van der Waals surface area (Å²) in [4.78, 5) is 26.3. The number of hydrogen-bond donors (Lipinski definition) is 2. The fraction of sp³-hybridized carbons (Fsp3) is 0.464. The van der Waals surface area contributed by atoms with E-state index in [0.717, 1.165) is 31.2 Å². The molecule has 1 fully saturated rings. The van der Waals surface area contributed by atoms with E-state index in [-0.39, 0.29) is 18.6 Å². The van der Waals surface area contributed by atoms with Crippen molar-refractivity contribution >= 4 is 29.1 Å². The smallest absolute Gasteiger partial charge is 0.257 e. The van der Waals surface area contributed by atoms with Gasteiger partial charge in [0.15, 0.2) is 23.2 Å². The molecule has 200 valence electrons. The van der Waals surface area contributed by atoms with Crippen molar-refractivity contribution in [1.29, 1.82) is 0 Å². The van der Waals surface area contributed by atoms with Crippen molar-refractivity contribution in [2.24, 2.45) is 11.7 Å². The van der Waals surface area contributed by atoms with Crippen molar-refractivity contribution < 1.29 is 23.8 Å².